The van der Waals surface area contributed by atoms with E-state index in [0.717, 1.165) is 31.4 Å². The lowest BCUT2D eigenvalue weighted by atomic mass is 9.96. The highest BCUT2D eigenvalue weighted by atomic mass is 16.3. The van der Waals surface area contributed by atoms with Crippen LogP contribution in [0.5, 0.6) is 0 Å². The topological polar surface area (TPSA) is 74.6 Å². The van der Waals surface area contributed by atoms with Crippen molar-refractivity contribution in [1.29, 1.82) is 0 Å². The average Bonchev–Trinajstić information content (AvgIpc) is 3.16. The number of furan rings is 1. The maximum absolute atomic E-state index is 12.1. The number of nitrogens with one attached hydrogen (secondary N) is 2. The summed E-state index contributed by atoms with van der Waals surface area (Å²) in [4.78, 5) is 25.8. The highest BCUT2D eigenvalue weighted by Crippen LogP contribution is 2.21. The molecule has 6 heteroatoms. The molecule has 3 rings (SSSR count). The predicted molar refractivity (Wildman–Crippen MR) is 76.4 cm³/mol. The summed E-state index contributed by atoms with van der Waals surface area (Å²) in [5, 5.41) is 5.87. The lowest BCUT2D eigenvalue weighted by Gasteiger charge is -2.31. The SMILES string of the molecule is O=C(NCc1ccco1)C1CCN(C(=O)NC2CC2)CC1. The minimum Gasteiger partial charge on any atom is -0.467 e. The summed E-state index contributed by atoms with van der Waals surface area (Å²) < 4.78 is 5.19. The van der Waals surface area contributed by atoms with E-state index in [4.69, 9.17) is 4.42 Å². The number of amides is 3. The van der Waals surface area contributed by atoms with Gasteiger partial charge in [0.15, 0.2) is 0 Å². The second kappa shape index (κ2) is 6.20. The standard InChI is InChI=1S/C15H21N3O3/c19-14(16-10-13-2-1-9-21-13)11-5-7-18(8-6-11)15(20)17-12-3-4-12/h1-2,9,11-12H,3-8,10H2,(H,16,19)(H,17,20). The Hall–Kier alpha value is -1.98. The summed E-state index contributed by atoms with van der Waals surface area (Å²) in [5.41, 5.74) is 0. The maximum Gasteiger partial charge on any atom is 0.317 e. The van der Waals surface area contributed by atoms with Crippen LogP contribution in [-0.2, 0) is 11.3 Å². The van der Waals surface area contributed by atoms with Gasteiger partial charge >= 0.3 is 6.03 Å². The van der Waals surface area contributed by atoms with Gasteiger partial charge in [-0.15, -0.1) is 0 Å². The van der Waals surface area contributed by atoms with Crippen LogP contribution in [0.15, 0.2) is 22.8 Å². The first kappa shape index (κ1) is 14.0. The van der Waals surface area contributed by atoms with Crippen molar-refractivity contribution in [2.75, 3.05) is 13.1 Å². The van der Waals surface area contributed by atoms with E-state index in [1.165, 1.54) is 0 Å². The first-order chi connectivity index (χ1) is 10.2. The van der Waals surface area contributed by atoms with Gasteiger partial charge < -0.3 is 20.0 Å². The normalized spacial score (nSPS) is 19.3. The Labute approximate surface area is 123 Å². The van der Waals surface area contributed by atoms with E-state index in [2.05, 4.69) is 10.6 Å². The number of urea groups is 1. The first-order valence-corrected chi connectivity index (χ1v) is 7.58. The van der Waals surface area contributed by atoms with Crippen LogP contribution in [-0.4, -0.2) is 36.0 Å². The van der Waals surface area contributed by atoms with Crippen molar-refractivity contribution < 1.29 is 14.0 Å². The lowest BCUT2D eigenvalue weighted by molar-refractivity contribution is -0.126. The van der Waals surface area contributed by atoms with Crippen molar-refractivity contribution >= 4 is 11.9 Å². The smallest absolute Gasteiger partial charge is 0.317 e. The number of piperidine rings is 1. The molecule has 0 unspecified atom stereocenters. The molecule has 0 radical (unpaired) electrons. The zero-order chi connectivity index (χ0) is 14.7. The van der Waals surface area contributed by atoms with Gasteiger partial charge in [0.05, 0.1) is 12.8 Å². The van der Waals surface area contributed by atoms with Crippen molar-refractivity contribution in [2.24, 2.45) is 5.92 Å². The molecule has 1 aliphatic carbocycles. The molecule has 0 atom stereocenters. The van der Waals surface area contributed by atoms with Crippen molar-refractivity contribution in [1.82, 2.24) is 15.5 Å². The van der Waals surface area contributed by atoms with Crippen LogP contribution in [0.25, 0.3) is 0 Å². The van der Waals surface area contributed by atoms with E-state index < -0.39 is 0 Å². The molecule has 1 aromatic rings. The largest absolute Gasteiger partial charge is 0.467 e. The second-order valence-corrected chi connectivity index (χ2v) is 5.78. The Kier molecular flexibility index (Phi) is 4.13. The summed E-state index contributed by atoms with van der Waals surface area (Å²) in [6, 6.07) is 4.04. The molecule has 1 saturated carbocycles. The molecule has 2 N–H and O–H groups in total. The van der Waals surface area contributed by atoms with E-state index in [1.807, 2.05) is 11.0 Å². The monoisotopic (exact) mass is 291 g/mol. The van der Waals surface area contributed by atoms with Gasteiger partial charge in [0, 0.05) is 25.0 Å². The predicted octanol–water partition coefficient (Wildman–Crippen LogP) is 1.48. The van der Waals surface area contributed by atoms with Crippen molar-refractivity contribution in [3.05, 3.63) is 24.2 Å². The summed E-state index contributed by atoms with van der Waals surface area (Å²) >= 11 is 0. The quantitative estimate of drug-likeness (QED) is 0.882. The maximum atomic E-state index is 12.1. The summed E-state index contributed by atoms with van der Waals surface area (Å²) in [6.45, 7) is 1.73. The molecule has 21 heavy (non-hydrogen) atoms. The fraction of sp³-hybridized carbons (Fsp3) is 0.600. The van der Waals surface area contributed by atoms with E-state index in [9.17, 15) is 9.59 Å². The highest BCUT2D eigenvalue weighted by molar-refractivity contribution is 5.79. The summed E-state index contributed by atoms with van der Waals surface area (Å²) in [5.74, 6) is 0.795. The molecular weight excluding hydrogens is 270 g/mol. The Balaban J connectivity index is 1.39. The lowest BCUT2D eigenvalue weighted by Crippen LogP contribution is -2.47. The molecule has 1 saturated heterocycles. The third kappa shape index (κ3) is 3.77. The van der Waals surface area contributed by atoms with Gasteiger partial charge in [0.1, 0.15) is 5.76 Å². The number of likely N-dealkylation sites (tertiary alicyclic amines) is 1. The number of hydrogen-bond acceptors (Lipinski definition) is 3. The van der Waals surface area contributed by atoms with E-state index in [-0.39, 0.29) is 17.9 Å². The van der Waals surface area contributed by atoms with Gasteiger partial charge in [0.2, 0.25) is 5.91 Å². The third-order valence-corrected chi connectivity index (χ3v) is 4.07. The van der Waals surface area contributed by atoms with Crippen LogP contribution >= 0.6 is 0 Å². The second-order valence-electron chi connectivity index (χ2n) is 5.78. The van der Waals surface area contributed by atoms with Crippen molar-refractivity contribution in [3.8, 4) is 0 Å². The molecule has 114 valence electrons. The fourth-order valence-corrected chi connectivity index (χ4v) is 2.57. The van der Waals surface area contributed by atoms with Gasteiger partial charge in [-0.05, 0) is 37.8 Å². The van der Waals surface area contributed by atoms with Gasteiger partial charge in [-0.3, -0.25) is 4.79 Å². The van der Waals surface area contributed by atoms with Crippen molar-refractivity contribution in [3.63, 3.8) is 0 Å². The van der Waals surface area contributed by atoms with Crippen LogP contribution < -0.4 is 10.6 Å². The van der Waals surface area contributed by atoms with Crippen LogP contribution in [0, 0.1) is 5.92 Å². The third-order valence-electron chi connectivity index (χ3n) is 4.07. The zero-order valence-corrected chi connectivity index (χ0v) is 12.0. The van der Waals surface area contributed by atoms with Gasteiger partial charge in [-0.2, -0.15) is 0 Å². The number of carbonyl (C=O) groups is 2. The average molecular weight is 291 g/mol. The zero-order valence-electron chi connectivity index (χ0n) is 12.0. The molecule has 0 bridgehead atoms. The summed E-state index contributed by atoms with van der Waals surface area (Å²) in [7, 11) is 0. The first-order valence-electron chi connectivity index (χ1n) is 7.58. The molecule has 6 nitrogen and oxygen atoms in total. The minimum atomic E-state index is -0.00932. The van der Waals surface area contributed by atoms with Crippen LogP contribution in [0.1, 0.15) is 31.4 Å². The number of nitrogens with zero attached hydrogens (tertiary/aromatic N) is 1. The summed E-state index contributed by atoms with van der Waals surface area (Å²) in [6.07, 6.45) is 5.23. The molecular formula is C15H21N3O3. The van der Waals surface area contributed by atoms with E-state index in [1.54, 1.807) is 12.3 Å². The molecule has 3 amide bonds. The number of carbonyl (C=O) groups excluding carboxylic acids is 2. The van der Waals surface area contributed by atoms with E-state index >= 15 is 0 Å². The van der Waals surface area contributed by atoms with Crippen molar-refractivity contribution in [2.45, 2.75) is 38.3 Å². The molecule has 1 aliphatic heterocycles. The molecule has 2 heterocycles. The van der Waals surface area contributed by atoms with Gasteiger partial charge in [0.25, 0.3) is 0 Å². The molecule has 0 spiro atoms. The molecule has 2 aliphatic rings. The Morgan fingerprint density at radius 2 is 2.00 bits per heavy atom. The Morgan fingerprint density at radius 1 is 1.24 bits per heavy atom. The van der Waals surface area contributed by atoms with Crippen LogP contribution in [0.3, 0.4) is 0 Å². The number of hydrogen-bond donors (Lipinski definition) is 2. The fourth-order valence-electron chi connectivity index (χ4n) is 2.57. The highest BCUT2D eigenvalue weighted by Gasteiger charge is 2.30. The Bertz CT molecular complexity index is 488. The Morgan fingerprint density at radius 3 is 2.62 bits per heavy atom. The van der Waals surface area contributed by atoms with E-state index in [0.29, 0.717) is 25.7 Å². The molecule has 0 aromatic carbocycles. The molecule has 2 fully saturated rings. The van der Waals surface area contributed by atoms with Crippen LogP contribution in [0.4, 0.5) is 4.79 Å². The van der Waals surface area contributed by atoms with Gasteiger partial charge in [-0.25, -0.2) is 4.79 Å². The number of rotatable bonds is 4. The van der Waals surface area contributed by atoms with Gasteiger partial charge in [-0.1, -0.05) is 0 Å². The minimum absolute atomic E-state index is 0.00932. The van der Waals surface area contributed by atoms with Crippen LogP contribution in [0.2, 0.25) is 0 Å². The molecule has 1 aromatic heterocycles.